The van der Waals surface area contributed by atoms with E-state index in [0.29, 0.717) is 6.54 Å². The van der Waals surface area contributed by atoms with E-state index >= 15 is 0 Å². The fourth-order valence-electron chi connectivity index (χ4n) is 2.81. The molecule has 0 spiro atoms. The van der Waals surface area contributed by atoms with E-state index in [9.17, 15) is 9.59 Å². The van der Waals surface area contributed by atoms with Crippen molar-refractivity contribution in [3.8, 4) is 0 Å². The number of amides is 3. The van der Waals surface area contributed by atoms with Gasteiger partial charge in [0.15, 0.2) is 0 Å². The molecule has 1 aliphatic rings. The topological polar surface area (TPSA) is 52.7 Å². The molecule has 1 heterocycles. The minimum absolute atomic E-state index is 0.0849. The van der Waals surface area contributed by atoms with E-state index in [4.69, 9.17) is 0 Å². The molecule has 1 aromatic carbocycles. The van der Waals surface area contributed by atoms with Crippen LogP contribution < -0.4 is 5.32 Å². The van der Waals surface area contributed by atoms with Crippen molar-refractivity contribution >= 4 is 17.6 Å². The first-order valence-electron chi connectivity index (χ1n) is 8.29. The molecule has 0 aliphatic carbocycles. The van der Waals surface area contributed by atoms with Gasteiger partial charge in [0.05, 0.1) is 6.54 Å². The summed E-state index contributed by atoms with van der Waals surface area (Å²) < 4.78 is 0. The number of nitrogens with one attached hydrogen (secondary N) is 1. The van der Waals surface area contributed by atoms with E-state index in [2.05, 4.69) is 5.32 Å². The lowest BCUT2D eigenvalue weighted by Gasteiger charge is -2.36. The first-order chi connectivity index (χ1) is 10.9. The number of anilines is 1. The molecule has 5 nitrogen and oxygen atoms in total. The maximum absolute atomic E-state index is 13.0. The number of hydrogen-bond acceptors (Lipinski definition) is 2. The van der Waals surface area contributed by atoms with Crippen molar-refractivity contribution in [1.29, 1.82) is 0 Å². The number of hydrogen-bond donors (Lipinski definition) is 1. The van der Waals surface area contributed by atoms with Gasteiger partial charge in [0.1, 0.15) is 6.04 Å². The van der Waals surface area contributed by atoms with Gasteiger partial charge in [0.2, 0.25) is 5.91 Å². The van der Waals surface area contributed by atoms with Crippen LogP contribution in [0.25, 0.3) is 0 Å². The van der Waals surface area contributed by atoms with Gasteiger partial charge in [-0.05, 0) is 31.4 Å². The van der Waals surface area contributed by atoms with Crippen molar-refractivity contribution in [3.63, 3.8) is 0 Å². The van der Waals surface area contributed by atoms with Gasteiger partial charge in [0.25, 0.3) is 0 Å². The molecule has 0 saturated carbocycles. The Morgan fingerprint density at radius 3 is 2.61 bits per heavy atom. The first-order valence-corrected chi connectivity index (χ1v) is 8.29. The summed E-state index contributed by atoms with van der Waals surface area (Å²) in [4.78, 5) is 29.1. The molecule has 23 heavy (non-hydrogen) atoms. The number of rotatable bonds is 3. The predicted octanol–water partition coefficient (Wildman–Crippen LogP) is 3.32. The quantitative estimate of drug-likeness (QED) is 0.930. The van der Waals surface area contributed by atoms with Crippen molar-refractivity contribution in [1.82, 2.24) is 9.80 Å². The first kappa shape index (κ1) is 17.3. The van der Waals surface area contributed by atoms with Crippen LogP contribution in [-0.4, -0.2) is 40.9 Å². The van der Waals surface area contributed by atoms with E-state index in [1.165, 1.54) is 0 Å². The lowest BCUT2D eigenvalue weighted by Crippen LogP contribution is -2.53. The predicted molar refractivity (Wildman–Crippen MR) is 92.2 cm³/mol. The molecular formula is C18H27N3O2. The Hall–Kier alpha value is -2.04. The fourth-order valence-corrected chi connectivity index (χ4v) is 2.81. The number of carbonyl (C=O) groups excluding carboxylic acids is 2. The smallest absolute Gasteiger partial charge is 0.320 e. The highest BCUT2D eigenvalue weighted by Crippen LogP contribution is 2.28. The Kier molecular flexibility index (Phi) is 5.29. The van der Waals surface area contributed by atoms with Gasteiger partial charge in [-0.1, -0.05) is 38.5 Å². The molecule has 2 unspecified atom stereocenters. The van der Waals surface area contributed by atoms with E-state index in [1.807, 2.05) is 52.0 Å². The molecule has 0 radical (unpaired) electrons. The number of urea groups is 1. The summed E-state index contributed by atoms with van der Waals surface area (Å²) in [7, 11) is 1.79. The number of benzene rings is 1. The molecule has 5 heteroatoms. The molecule has 0 fully saturated rings. The molecule has 0 bridgehead atoms. The molecule has 2 rings (SSSR count). The van der Waals surface area contributed by atoms with Gasteiger partial charge in [-0.3, -0.25) is 4.79 Å². The van der Waals surface area contributed by atoms with Crippen molar-refractivity contribution < 1.29 is 9.59 Å². The van der Waals surface area contributed by atoms with Crippen LogP contribution in [0.3, 0.4) is 0 Å². The van der Waals surface area contributed by atoms with Gasteiger partial charge in [0, 0.05) is 18.8 Å². The van der Waals surface area contributed by atoms with Crippen LogP contribution in [0.1, 0.15) is 39.7 Å². The van der Waals surface area contributed by atoms with Gasteiger partial charge in [-0.2, -0.15) is 0 Å². The molecule has 126 valence electrons. The second-order valence-corrected chi connectivity index (χ2v) is 6.59. The van der Waals surface area contributed by atoms with Crippen LogP contribution in [0, 0.1) is 5.92 Å². The summed E-state index contributed by atoms with van der Waals surface area (Å²) in [6, 6.07) is 7.21. The molecule has 1 N–H and O–H groups in total. The number of carbonyl (C=O) groups is 2. The maximum atomic E-state index is 13.0. The molecule has 1 aliphatic heterocycles. The van der Waals surface area contributed by atoms with Crippen LogP contribution in [0.4, 0.5) is 10.5 Å². The molecule has 1 aromatic rings. The Morgan fingerprint density at radius 2 is 2.00 bits per heavy atom. The minimum Gasteiger partial charge on any atom is -0.325 e. The average Bonchev–Trinajstić information content (AvgIpc) is 2.68. The average molecular weight is 317 g/mol. The van der Waals surface area contributed by atoms with Crippen LogP contribution in [0.15, 0.2) is 24.3 Å². The third-order valence-electron chi connectivity index (χ3n) is 4.73. The van der Waals surface area contributed by atoms with Crippen LogP contribution in [0.2, 0.25) is 0 Å². The van der Waals surface area contributed by atoms with Crippen molar-refractivity contribution in [3.05, 3.63) is 29.8 Å². The van der Waals surface area contributed by atoms with E-state index in [1.54, 1.807) is 16.8 Å². The number of nitrogens with zero attached hydrogens (tertiary/aromatic N) is 2. The third-order valence-corrected chi connectivity index (χ3v) is 4.73. The fraction of sp³-hybridized carbons (Fsp3) is 0.556. The Labute approximate surface area is 138 Å². The second kappa shape index (κ2) is 7.02. The third kappa shape index (κ3) is 3.49. The normalized spacial score (nSPS) is 19.0. The highest BCUT2D eigenvalue weighted by Gasteiger charge is 2.38. The summed E-state index contributed by atoms with van der Waals surface area (Å²) in [6.07, 6.45) is 0.837. The highest BCUT2D eigenvalue weighted by atomic mass is 16.2. The lowest BCUT2D eigenvalue weighted by molar-refractivity contribution is -0.122. The lowest BCUT2D eigenvalue weighted by atomic mass is 9.97. The second-order valence-electron chi connectivity index (χ2n) is 6.59. The molecule has 3 amide bonds. The molecule has 2 atom stereocenters. The molecule has 0 saturated heterocycles. The summed E-state index contributed by atoms with van der Waals surface area (Å²) in [5.74, 6) is -0.0105. The van der Waals surface area contributed by atoms with Crippen LogP contribution in [0.5, 0.6) is 0 Å². The van der Waals surface area contributed by atoms with Crippen molar-refractivity contribution in [2.45, 2.75) is 52.7 Å². The molecule has 0 aromatic heterocycles. The van der Waals surface area contributed by atoms with Crippen molar-refractivity contribution in [2.75, 3.05) is 12.4 Å². The van der Waals surface area contributed by atoms with Crippen LogP contribution >= 0.6 is 0 Å². The summed E-state index contributed by atoms with van der Waals surface area (Å²) in [5.41, 5.74) is 1.77. The van der Waals surface area contributed by atoms with Gasteiger partial charge >= 0.3 is 6.03 Å². The van der Waals surface area contributed by atoms with E-state index in [-0.39, 0.29) is 23.9 Å². The van der Waals surface area contributed by atoms with E-state index < -0.39 is 6.04 Å². The summed E-state index contributed by atoms with van der Waals surface area (Å²) in [6.45, 7) is 8.46. The number of para-hydroxylation sites is 1. The highest BCUT2D eigenvalue weighted by molar-refractivity contribution is 5.98. The standard InChI is InChI=1S/C18H27N3O2/c1-6-13(4)16-17(22)19-15-10-8-7-9-14(15)11-21(16)18(23)20(5)12(2)3/h7-10,12-13,16H,6,11H2,1-5H3,(H,19,22). The minimum atomic E-state index is -0.457. The maximum Gasteiger partial charge on any atom is 0.320 e. The zero-order valence-electron chi connectivity index (χ0n) is 14.7. The monoisotopic (exact) mass is 317 g/mol. The zero-order chi connectivity index (χ0) is 17.1. The Bertz CT molecular complexity index is 585. The van der Waals surface area contributed by atoms with E-state index in [0.717, 1.165) is 17.7 Å². The van der Waals surface area contributed by atoms with Gasteiger partial charge in [-0.25, -0.2) is 4.79 Å². The van der Waals surface area contributed by atoms with Gasteiger partial charge in [-0.15, -0.1) is 0 Å². The Balaban J connectivity index is 2.44. The number of fused-ring (bicyclic) bond motifs is 1. The SMILES string of the molecule is CCC(C)C1C(=O)Nc2ccccc2CN1C(=O)N(C)C(C)C. The zero-order valence-corrected chi connectivity index (χ0v) is 14.7. The Morgan fingerprint density at radius 1 is 1.35 bits per heavy atom. The van der Waals surface area contributed by atoms with Crippen LogP contribution in [-0.2, 0) is 11.3 Å². The largest absolute Gasteiger partial charge is 0.325 e. The summed E-state index contributed by atoms with van der Waals surface area (Å²) in [5, 5.41) is 2.99. The van der Waals surface area contributed by atoms with Crippen molar-refractivity contribution in [2.24, 2.45) is 5.92 Å². The van der Waals surface area contributed by atoms with Gasteiger partial charge < -0.3 is 15.1 Å². The molecular weight excluding hydrogens is 290 g/mol. The summed E-state index contributed by atoms with van der Waals surface area (Å²) >= 11 is 0.